The molecule has 0 fully saturated rings. The summed E-state index contributed by atoms with van der Waals surface area (Å²) in [4.78, 5) is 22.9. The largest absolute Gasteiger partial charge is 0.339 e. The Morgan fingerprint density at radius 3 is 2.24 bits per heavy atom. The maximum atomic E-state index is 11.8. The Balaban J connectivity index is 5.35. The number of hydrogen-bond donors (Lipinski definition) is 2. The molecule has 6 nitrogen and oxygen atoms in total. The zero-order valence-electron chi connectivity index (χ0n) is 9.69. The van der Waals surface area contributed by atoms with E-state index < -0.39 is 33.1 Å². The lowest BCUT2D eigenvalue weighted by Crippen LogP contribution is -2.56. The van der Waals surface area contributed by atoms with Gasteiger partial charge in [0.1, 0.15) is 11.3 Å². The van der Waals surface area contributed by atoms with Crippen LogP contribution in [0.3, 0.4) is 0 Å². The van der Waals surface area contributed by atoms with Crippen molar-refractivity contribution in [2.45, 2.75) is 19.4 Å². The Morgan fingerprint density at radius 1 is 1.47 bits per heavy atom. The normalized spacial score (nSPS) is 14.5. The molecule has 0 aliphatic carbocycles. The first-order valence-corrected chi connectivity index (χ1v) is 6.23. The molecule has 1 unspecified atom stereocenters. The summed E-state index contributed by atoms with van der Waals surface area (Å²) in [6.45, 7) is 9.14. The average molecular weight is 261 g/mol. The lowest BCUT2D eigenvalue weighted by molar-refractivity contribution is -0.126. The molecule has 0 aromatic carbocycles. The third kappa shape index (κ3) is 4.92. The van der Waals surface area contributed by atoms with Crippen molar-refractivity contribution in [3.63, 3.8) is 0 Å². The molecule has 0 saturated heterocycles. The van der Waals surface area contributed by atoms with Gasteiger partial charge in [0, 0.05) is 0 Å². The molecule has 0 saturated carbocycles. The van der Waals surface area contributed by atoms with Crippen LogP contribution in [-0.4, -0.2) is 36.0 Å². The van der Waals surface area contributed by atoms with Gasteiger partial charge in [0.15, 0.2) is 5.78 Å². The van der Waals surface area contributed by atoms with Gasteiger partial charge in [-0.1, -0.05) is 13.2 Å². The predicted octanol–water partition coefficient (Wildman–Crippen LogP) is 0.0803. The molecule has 0 radical (unpaired) electrons. The zero-order chi connectivity index (χ0) is 13.9. The quantitative estimate of drug-likeness (QED) is 0.521. The van der Waals surface area contributed by atoms with Gasteiger partial charge >= 0.3 is 0 Å². The van der Waals surface area contributed by atoms with E-state index in [1.54, 1.807) is 0 Å². The number of rotatable bonds is 6. The maximum absolute atomic E-state index is 11.8. The van der Waals surface area contributed by atoms with Crippen LogP contribution >= 0.6 is 0 Å². The summed E-state index contributed by atoms with van der Waals surface area (Å²) in [5.41, 5.74) is -1.69. The highest BCUT2D eigenvalue weighted by atomic mass is 32.2. The van der Waals surface area contributed by atoms with Crippen LogP contribution in [0.1, 0.15) is 13.8 Å². The number of carbonyl (C=O) groups is 2. The van der Waals surface area contributed by atoms with Gasteiger partial charge in [0.05, 0.1) is 0 Å². The van der Waals surface area contributed by atoms with Gasteiger partial charge in [-0.2, -0.15) is 8.42 Å². The van der Waals surface area contributed by atoms with Crippen molar-refractivity contribution in [3.8, 4) is 0 Å². The van der Waals surface area contributed by atoms with Crippen LogP contribution in [-0.2, 0) is 19.7 Å². The van der Waals surface area contributed by atoms with Crippen molar-refractivity contribution in [2.75, 3.05) is 5.75 Å². The molecule has 2 N–H and O–H groups in total. The van der Waals surface area contributed by atoms with Gasteiger partial charge in [-0.15, -0.1) is 0 Å². The van der Waals surface area contributed by atoms with Gasteiger partial charge in [0.25, 0.3) is 10.1 Å². The predicted molar refractivity (Wildman–Crippen MR) is 63.0 cm³/mol. The Kier molecular flexibility index (Phi) is 4.79. The highest BCUT2D eigenvalue weighted by Crippen LogP contribution is 2.13. The molecular weight excluding hydrogens is 246 g/mol. The Morgan fingerprint density at radius 2 is 1.94 bits per heavy atom. The molecule has 0 aromatic rings. The molecule has 0 rings (SSSR count). The first kappa shape index (κ1) is 15.5. The Bertz CT molecular complexity index is 465. The SMILES string of the molecule is C=CC(=O)NC(C)(CS(=O)(=O)O)C(=O)C(=C)C. The average Bonchev–Trinajstić information content (AvgIpc) is 2.13. The topological polar surface area (TPSA) is 101 Å². The van der Waals surface area contributed by atoms with Crippen LogP contribution in [0.25, 0.3) is 0 Å². The fraction of sp³-hybridized carbons (Fsp3) is 0.400. The number of Topliss-reactive ketones (excluding diaryl/α,β-unsaturated/α-hetero) is 1. The molecule has 1 amide bonds. The highest BCUT2D eigenvalue weighted by Gasteiger charge is 2.38. The summed E-state index contributed by atoms with van der Waals surface area (Å²) in [6.07, 6.45) is 0.897. The molecule has 0 bridgehead atoms. The summed E-state index contributed by atoms with van der Waals surface area (Å²) >= 11 is 0. The van der Waals surface area contributed by atoms with Gasteiger partial charge < -0.3 is 5.32 Å². The second kappa shape index (κ2) is 5.24. The van der Waals surface area contributed by atoms with Crippen molar-refractivity contribution in [1.82, 2.24) is 5.32 Å². The first-order valence-electron chi connectivity index (χ1n) is 4.62. The van der Waals surface area contributed by atoms with Crippen LogP contribution in [0.15, 0.2) is 24.8 Å². The first-order chi connectivity index (χ1) is 7.52. The Hall–Kier alpha value is -1.47. The van der Waals surface area contributed by atoms with Crippen LogP contribution in [0.4, 0.5) is 0 Å². The summed E-state index contributed by atoms with van der Waals surface area (Å²) in [5.74, 6) is -2.32. The second-order valence-electron chi connectivity index (χ2n) is 3.86. The van der Waals surface area contributed by atoms with E-state index in [1.807, 2.05) is 0 Å². The molecule has 0 heterocycles. The molecule has 0 aliphatic rings. The van der Waals surface area contributed by atoms with Crippen LogP contribution < -0.4 is 5.32 Å². The number of hydrogen-bond acceptors (Lipinski definition) is 4. The van der Waals surface area contributed by atoms with Crippen LogP contribution in [0.2, 0.25) is 0 Å². The van der Waals surface area contributed by atoms with Gasteiger partial charge in [-0.05, 0) is 25.5 Å². The number of carbonyl (C=O) groups excluding carboxylic acids is 2. The highest BCUT2D eigenvalue weighted by molar-refractivity contribution is 7.85. The minimum Gasteiger partial charge on any atom is -0.339 e. The van der Waals surface area contributed by atoms with Crippen molar-refractivity contribution < 1.29 is 22.6 Å². The summed E-state index contributed by atoms with van der Waals surface area (Å²) in [7, 11) is -4.43. The van der Waals surface area contributed by atoms with E-state index >= 15 is 0 Å². The second-order valence-corrected chi connectivity index (χ2v) is 5.31. The van der Waals surface area contributed by atoms with Crippen molar-refractivity contribution in [2.24, 2.45) is 0 Å². The third-order valence-electron chi connectivity index (χ3n) is 1.94. The molecule has 0 aliphatic heterocycles. The molecule has 7 heteroatoms. The van der Waals surface area contributed by atoms with E-state index in [-0.39, 0.29) is 5.57 Å². The smallest absolute Gasteiger partial charge is 0.267 e. The molecule has 1 atom stereocenters. The molecule has 17 heavy (non-hydrogen) atoms. The summed E-state index contributed by atoms with van der Waals surface area (Å²) < 4.78 is 30.5. The van der Waals surface area contributed by atoms with Gasteiger partial charge in [0.2, 0.25) is 5.91 Å². The van der Waals surface area contributed by atoms with E-state index in [9.17, 15) is 18.0 Å². The molecule has 0 spiro atoms. The standard InChI is InChI=1S/C10H15NO5S/c1-5-8(12)11-10(4,6-17(14,15)16)9(13)7(2)3/h5H,1-2,6H2,3-4H3,(H,11,12)(H,14,15,16). The fourth-order valence-electron chi connectivity index (χ4n) is 1.32. The van der Waals surface area contributed by atoms with Crippen LogP contribution in [0, 0.1) is 0 Å². The van der Waals surface area contributed by atoms with E-state index in [0.29, 0.717) is 0 Å². The molecule has 96 valence electrons. The van der Waals surface area contributed by atoms with Crippen molar-refractivity contribution in [3.05, 3.63) is 24.8 Å². The minimum atomic E-state index is -4.43. The molecular formula is C10H15NO5S. The van der Waals surface area contributed by atoms with Crippen molar-refractivity contribution >= 4 is 21.8 Å². The van der Waals surface area contributed by atoms with Gasteiger partial charge in [-0.25, -0.2) is 0 Å². The monoisotopic (exact) mass is 261 g/mol. The summed E-state index contributed by atoms with van der Waals surface area (Å²) in [6, 6.07) is 0. The van der Waals surface area contributed by atoms with Crippen molar-refractivity contribution in [1.29, 1.82) is 0 Å². The van der Waals surface area contributed by atoms with E-state index in [2.05, 4.69) is 18.5 Å². The van der Waals surface area contributed by atoms with E-state index in [1.165, 1.54) is 13.8 Å². The number of nitrogens with one attached hydrogen (secondary N) is 1. The minimum absolute atomic E-state index is 0.0699. The molecule has 0 aromatic heterocycles. The summed E-state index contributed by atoms with van der Waals surface area (Å²) in [5, 5.41) is 2.17. The maximum Gasteiger partial charge on any atom is 0.267 e. The Labute approximate surface area is 100 Å². The zero-order valence-corrected chi connectivity index (χ0v) is 10.5. The lowest BCUT2D eigenvalue weighted by Gasteiger charge is -2.27. The number of amides is 1. The fourth-order valence-corrected chi connectivity index (χ4v) is 2.25. The lowest BCUT2D eigenvalue weighted by atomic mass is 9.94. The van der Waals surface area contributed by atoms with Gasteiger partial charge in [-0.3, -0.25) is 14.1 Å². The third-order valence-corrected chi connectivity index (χ3v) is 2.89. The number of ketones is 1. The van der Waals surface area contributed by atoms with Crippen LogP contribution in [0.5, 0.6) is 0 Å². The van der Waals surface area contributed by atoms with E-state index in [0.717, 1.165) is 6.08 Å². The van der Waals surface area contributed by atoms with E-state index in [4.69, 9.17) is 4.55 Å².